The van der Waals surface area contributed by atoms with Crippen molar-refractivity contribution in [2.24, 2.45) is 0 Å². The van der Waals surface area contributed by atoms with Crippen molar-refractivity contribution in [3.63, 3.8) is 0 Å². The zero-order chi connectivity index (χ0) is 9.10. The summed E-state index contributed by atoms with van der Waals surface area (Å²) >= 11 is 1.55. The summed E-state index contributed by atoms with van der Waals surface area (Å²) in [4.78, 5) is 3.04. The quantitative estimate of drug-likeness (QED) is 0.679. The number of nitrogens with zero attached hydrogens (tertiary/aromatic N) is 2. The van der Waals surface area contributed by atoms with Crippen molar-refractivity contribution in [1.29, 1.82) is 5.26 Å². The van der Waals surface area contributed by atoms with Crippen LogP contribution in [0.4, 0.5) is 5.00 Å². The molecular weight excluding hydrogens is 184 g/mol. The molecule has 0 unspecified atom stereocenters. The molecule has 1 aromatic heterocycles. The number of rotatable bonds is 1. The summed E-state index contributed by atoms with van der Waals surface area (Å²) in [5, 5.41) is 9.85. The van der Waals surface area contributed by atoms with Gasteiger partial charge in [-0.3, -0.25) is 0 Å². The average Bonchev–Trinajstić information content (AvgIpc) is 2.67. The van der Waals surface area contributed by atoms with E-state index in [4.69, 9.17) is 10.00 Å². The molecule has 68 valence electrons. The Morgan fingerprint density at radius 2 is 2.15 bits per heavy atom. The highest BCUT2D eigenvalue weighted by Gasteiger charge is 2.12. The first kappa shape index (κ1) is 8.54. The number of hydrogen-bond donors (Lipinski definition) is 0. The molecule has 0 saturated carbocycles. The third-order valence-electron chi connectivity index (χ3n) is 2.02. The van der Waals surface area contributed by atoms with Crippen LogP contribution in [0.5, 0.6) is 0 Å². The van der Waals surface area contributed by atoms with Crippen LogP contribution in [0.1, 0.15) is 4.88 Å². The van der Waals surface area contributed by atoms with E-state index in [0.717, 1.165) is 31.2 Å². The maximum Gasteiger partial charge on any atom is 0.110 e. The molecule has 4 heteroatoms. The minimum absolute atomic E-state index is 0.779. The molecule has 0 atom stereocenters. The van der Waals surface area contributed by atoms with Gasteiger partial charge in [0.1, 0.15) is 10.9 Å². The number of morpholine rings is 1. The Labute approximate surface area is 81.2 Å². The molecule has 0 amide bonds. The summed E-state index contributed by atoms with van der Waals surface area (Å²) in [6.07, 6.45) is 0. The summed E-state index contributed by atoms with van der Waals surface area (Å²) in [7, 11) is 0. The summed E-state index contributed by atoms with van der Waals surface area (Å²) in [6, 6.07) is 6.03. The van der Waals surface area contributed by atoms with Crippen molar-refractivity contribution in [3.05, 3.63) is 17.0 Å². The standard InChI is InChI=1S/C9H10N2OS/c10-7-8-1-2-9(13-8)11-3-5-12-6-4-11/h1-2H,3-6H2. The first-order chi connectivity index (χ1) is 6.40. The van der Waals surface area contributed by atoms with E-state index in [1.54, 1.807) is 11.3 Å². The molecule has 0 aromatic carbocycles. The molecule has 3 nitrogen and oxygen atoms in total. The monoisotopic (exact) mass is 194 g/mol. The van der Waals surface area contributed by atoms with Gasteiger partial charge in [0.15, 0.2) is 0 Å². The predicted molar refractivity (Wildman–Crippen MR) is 52.1 cm³/mol. The van der Waals surface area contributed by atoms with Gasteiger partial charge >= 0.3 is 0 Å². The van der Waals surface area contributed by atoms with E-state index in [1.165, 1.54) is 5.00 Å². The molecule has 0 bridgehead atoms. The fraction of sp³-hybridized carbons (Fsp3) is 0.444. The number of hydrogen-bond acceptors (Lipinski definition) is 4. The molecule has 0 spiro atoms. The minimum Gasteiger partial charge on any atom is -0.378 e. The van der Waals surface area contributed by atoms with E-state index in [-0.39, 0.29) is 0 Å². The third kappa shape index (κ3) is 1.82. The van der Waals surface area contributed by atoms with Gasteiger partial charge in [-0.15, -0.1) is 11.3 Å². The van der Waals surface area contributed by atoms with E-state index in [2.05, 4.69) is 11.0 Å². The number of anilines is 1. The van der Waals surface area contributed by atoms with Gasteiger partial charge in [-0.1, -0.05) is 0 Å². The fourth-order valence-corrected chi connectivity index (χ4v) is 2.20. The molecule has 1 fully saturated rings. The smallest absolute Gasteiger partial charge is 0.110 e. The summed E-state index contributed by atoms with van der Waals surface area (Å²) in [5.41, 5.74) is 0. The predicted octanol–water partition coefficient (Wildman–Crippen LogP) is 1.46. The van der Waals surface area contributed by atoms with Gasteiger partial charge in [0.25, 0.3) is 0 Å². The van der Waals surface area contributed by atoms with E-state index in [1.807, 2.05) is 12.1 Å². The first-order valence-electron chi connectivity index (χ1n) is 4.23. The lowest BCUT2D eigenvalue weighted by molar-refractivity contribution is 0.123. The lowest BCUT2D eigenvalue weighted by Crippen LogP contribution is -2.35. The van der Waals surface area contributed by atoms with Crippen LogP contribution in [0.3, 0.4) is 0 Å². The van der Waals surface area contributed by atoms with E-state index < -0.39 is 0 Å². The van der Waals surface area contributed by atoms with Gasteiger partial charge in [0.2, 0.25) is 0 Å². The molecule has 2 heterocycles. The van der Waals surface area contributed by atoms with Crippen molar-refractivity contribution in [3.8, 4) is 6.07 Å². The van der Waals surface area contributed by atoms with E-state index >= 15 is 0 Å². The lowest BCUT2D eigenvalue weighted by Gasteiger charge is -2.27. The third-order valence-corrected chi connectivity index (χ3v) is 3.08. The summed E-state index contributed by atoms with van der Waals surface area (Å²) in [5.74, 6) is 0. The van der Waals surface area contributed by atoms with E-state index in [9.17, 15) is 0 Å². The second-order valence-electron chi connectivity index (χ2n) is 2.85. The first-order valence-corrected chi connectivity index (χ1v) is 5.04. The van der Waals surface area contributed by atoms with Crippen molar-refractivity contribution in [2.45, 2.75) is 0 Å². The Kier molecular flexibility index (Phi) is 2.48. The largest absolute Gasteiger partial charge is 0.378 e. The second-order valence-corrected chi connectivity index (χ2v) is 3.91. The highest BCUT2D eigenvalue weighted by atomic mass is 32.1. The molecular formula is C9H10N2OS. The van der Waals surface area contributed by atoms with Gasteiger partial charge in [0.05, 0.1) is 18.2 Å². The van der Waals surface area contributed by atoms with Crippen molar-refractivity contribution < 1.29 is 4.74 Å². The molecule has 0 radical (unpaired) electrons. The topological polar surface area (TPSA) is 36.3 Å². The normalized spacial score (nSPS) is 17.0. The van der Waals surface area contributed by atoms with Crippen LogP contribution >= 0.6 is 11.3 Å². The van der Waals surface area contributed by atoms with Crippen molar-refractivity contribution in [2.75, 3.05) is 31.2 Å². The van der Waals surface area contributed by atoms with Crippen LogP contribution < -0.4 is 4.90 Å². The Hall–Kier alpha value is -1.05. The zero-order valence-corrected chi connectivity index (χ0v) is 8.01. The maximum atomic E-state index is 8.67. The van der Waals surface area contributed by atoms with Crippen LogP contribution in [-0.4, -0.2) is 26.3 Å². The molecule has 1 saturated heterocycles. The SMILES string of the molecule is N#Cc1ccc(N2CCOCC2)s1. The highest BCUT2D eigenvalue weighted by molar-refractivity contribution is 7.16. The highest BCUT2D eigenvalue weighted by Crippen LogP contribution is 2.25. The van der Waals surface area contributed by atoms with Gasteiger partial charge in [-0.25, -0.2) is 0 Å². The molecule has 1 aliphatic rings. The van der Waals surface area contributed by atoms with Gasteiger partial charge in [0, 0.05) is 13.1 Å². The van der Waals surface area contributed by atoms with E-state index in [0.29, 0.717) is 0 Å². The van der Waals surface area contributed by atoms with Crippen LogP contribution in [0.25, 0.3) is 0 Å². The number of ether oxygens (including phenoxy) is 1. The summed E-state index contributed by atoms with van der Waals surface area (Å²) < 4.78 is 5.25. The maximum absolute atomic E-state index is 8.67. The summed E-state index contributed by atoms with van der Waals surface area (Å²) in [6.45, 7) is 3.45. The number of thiophene rings is 1. The van der Waals surface area contributed by atoms with Gasteiger partial charge in [-0.05, 0) is 12.1 Å². The molecule has 0 N–H and O–H groups in total. The Bertz CT molecular complexity index is 323. The fourth-order valence-electron chi connectivity index (χ4n) is 1.34. The molecule has 1 aromatic rings. The van der Waals surface area contributed by atoms with Crippen LogP contribution in [0.2, 0.25) is 0 Å². The second kappa shape index (κ2) is 3.77. The van der Waals surface area contributed by atoms with Crippen molar-refractivity contribution in [1.82, 2.24) is 0 Å². The zero-order valence-electron chi connectivity index (χ0n) is 7.19. The molecule has 0 aliphatic carbocycles. The molecule has 1 aliphatic heterocycles. The van der Waals surface area contributed by atoms with Gasteiger partial charge < -0.3 is 9.64 Å². The Morgan fingerprint density at radius 3 is 2.77 bits per heavy atom. The van der Waals surface area contributed by atoms with Crippen LogP contribution in [0, 0.1) is 11.3 Å². The molecule has 13 heavy (non-hydrogen) atoms. The number of nitriles is 1. The van der Waals surface area contributed by atoms with Crippen molar-refractivity contribution >= 4 is 16.3 Å². The Morgan fingerprint density at radius 1 is 1.38 bits per heavy atom. The van der Waals surface area contributed by atoms with Crippen LogP contribution in [0.15, 0.2) is 12.1 Å². The average molecular weight is 194 g/mol. The van der Waals surface area contributed by atoms with Crippen LogP contribution in [-0.2, 0) is 4.74 Å². The van der Waals surface area contributed by atoms with Gasteiger partial charge in [-0.2, -0.15) is 5.26 Å². The lowest BCUT2D eigenvalue weighted by atomic mass is 10.4. The minimum atomic E-state index is 0.779. The Balaban J connectivity index is 2.11. The molecule has 2 rings (SSSR count).